The molecule has 7 spiro atoms. The van der Waals surface area contributed by atoms with Gasteiger partial charge in [0.15, 0.2) is 23.4 Å². The summed E-state index contributed by atoms with van der Waals surface area (Å²) in [5.41, 5.74) is 21.4. The van der Waals surface area contributed by atoms with Gasteiger partial charge < -0.3 is 52.2 Å². The fourth-order valence-electron chi connectivity index (χ4n) is 27.1. The molecule has 2 aromatic rings. The molecule has 1 saturated heterocycles. The monoisotopic (exact) mass is 1300 g/mol. The quantitative estimate of drug-likeness (QED) is 0.0486. The van der Waals surface area contributed by atoms with Gasteiger partial charge >= 0.3 is 5.97 Å². The Morgan fingerprint density at radius 2 is 1.63 bits per heavy atom. The van der Waals surface area contributed by atoms with Gasteiger partial charge in [-0.3, -0.25) is 19.6 Å². The first-order valence-electron chi connectivity index (χ1n) is 37.3. The van der Waals surface area contributed by atoms with Crippen molar-refractivity contribution in [2.45, 2.75) is 251 Å². The Balaban J connectivity index is 0.810. The largest absolute Gasteiger partial charge is 0.504 e. The predicted octanol–water partition coefficient (Wildman–Crippen LogP) is 13.0. The van der Waals surface area contributed by atoms with Crippen LogP contribution in [-0.4, -0.2) is 97.2 Å². The van der Waals surface area contributed by atoms with E-state index in [0.29, 0.717) is 74.4 Å². The second kappa shape index (κ2) is 22.8. The number of amides is 1. The number of benzene rings is 2. The molecule has 11 fully saturated rings. The van der Waals surface area contributed by atoms with Gasteiger partial charge in [-0.05, 0) is 236 Å². The highest BCUT2D eigenvalue weighted by molar-refractivity contribution is 8.77. The van der Waals surface area contributed by atoms with Crippen LogP contribution in [0.5, 0.6) is 11.5 Å². The molecule has 93 heavy (non-hydrogen) atoms. The van der Waals surface area contributed by atoms with Crippen molar-refractivity contribution in [3.8, 4) is 11.5 Å². The molecule has 16 heteroatoms. The molecule has 19 aliphatic rings. The van der Waals surface area contributed by atoms with Crippen molar-refractivity contribution in [2.75, 3.05) is 19.6 Å². The van der Waals surface area contributed by atoms with Gasteiger partial charge in [0.25, 0.3) is 0 Å². The van der Waals surface area contributed by atoms with E-state index in [1.54, 1.807) is 6.92 Å². The minimum Gasteiger partial charge on any atom is -0.504 e. The summed E-state index contributed by atoms with van der Waals surface area (Å²) in [6.45, 7) is 3.42. The van der Waals surface area contributed by atoms with Gasteiger partial charge in [-0.25, -0.2) is 0 Å². The number of nitrogens with one attached hydrogen (secondary N) is 1. The molecule has 7 heterocycles. The SMILES string of the molecule is CC(=O)OC12CC(O)C3C(CCC1Cc1cc(c(O)c4c1C1C=CC5(CCCC5C1)O4)CN1CC4(CC1=O)C(CCC4c1ccccc1)CN=C(N)NC1(CCCC14CCCC4)SSC1C=CC4C3CCC1C41CCC3(CCCC3)C13CCC(CCN=C(N)N)C3O)C2. The molecular weight excluding hydrogens is 1200 g/mol. The number of allylic oxidation sites excluding steroid dienone is 2. The summed E-state index contributed by atoms with van der Waals surface area (Å²) in [5.74, 6) is 2.66. The van der Waals surface area contributed by atoms with Crippen LogP contribution in [-0.2, 0) is 27.3 Å². The number of rotatable bonds is 5. The Labute approximate surface area is 559 Å². The van der Waals surface area contributed by atoms with E-state index in [4.69, 9.17) is 31.7 Å². The number of aliphatic hydroxyl groups excluding tert-OH is 2. The third-order valence-electron chi connectivity index (χ3n) is 30.5. The zero-order valence-corrected chi connectivity index (χ0v) is 56.9. The van der Waals surface area contributed by atoms with E-state index in [2.05, 4.69) is 92.6 Å². The minimum absolute atomic E-state index is 0.00879. The van der Waals surface area contributed by atoms with Crippen LogP contribution in [0.1, 0.15) is 227 Å². The number of carbonyl (C=O) groups is 2. The number of aromatic hydroxyl groups is 1. The van der Waals surface area contributed by atoms with Crippen molar-refractivity contribution in [3.63, 3.8) is 0 Å². The molecule has 0 aromatic heterocycles. The molecule has 12 aliphatic carbocycles. The first kappa shape index (κ1) is 62.2. The topological polar surface area (TPSA) is 231 Å². The number of esters is 1. The van der Waals surface area contributed by atoms with Crippen LogP contribution in [0.2, 0.25) is 0 Å². The van der Waals surface area contributed by atoms with Crippen molar-refractivity contribution >= 4 is 45.4 Å². The summed E-state index contributed by atoms with van der Waals surface area (Å²) in [6, 6.07) is 13.1. The lowest BCUT2D eigenvalue weighted by molar-refractivity contribution is -0.217. The van der Waals surface area contributed by atoms with E-state index >= 15 is 4.79 Å². The number of nitrogens with two attached hydrogens (primary N) is 3. The van der Waals surface area contributed by atoms with E-state index < -0.39 is 28.8 Å². The average molecular weight is 1300 g/mol. The number of phenolic OH excluding ortho intramolecular Hbond substituents is 1. The number of phenols is 1. The standard InChI is InChI=1S/C77H105N7O7S2/c1-46(85)90-74-40-50-14-15-54(74)39-51-37-52(65(88)66-63(51)49-22-32-73(91-66)30-9-13-53(73)38-49)44-84-45-72(42-62(84)87)55(16-18-57(72)47-11-3-2-4-12-47)43-82-69(80)83-77(31-10-29-71(77)27-7-8-28-71)93-92-61-21-20-58-56(64(50)60(86)41-74)17-19-59(61)75(58)35-34-70(25-5-6-26-70)76(75)33-23-48(67(76)89)24-36-81-68(78)79/h2-4,11-12,20-22,32,37,48-50,53-61,64,67,86,88-89H,5-10,13-19,23-31,33-36,38-45H2,1H3,(H4,78,79,81)(H3,80,82,83). The molecule has 21 rings (SSSR count). The highest BCUT2D eigenvalue weighted by atomic mass is 33.1. The Kier molecular flexibility index (Phi) is 15.3. The molecule has 502 valence electrons. The lowest BCUT2D eigenvalue weighted by Gasteiger charge is -2.67. The molecular formula is C77H105N7O7S2. The van der Waals surface area contributed by atoms with E-state index in [1.165, 1.54) is 63.4 Å². The molecule has 7 aliphatic heterocycles. The lowest BCUT2D eigenvalue weighted by atomic mass is 9.39. The number of nitrogens with zero attached hydrogens (tertiary/aromatic N) is 3. The van der Waals surface area contributed by atoms with E-state index in [0.717, 1.165) is 120 Å². The van der Waals surface area contributed by atoms with Crippen LogP contribution in [0.3, 0.4) is 0 Å². The number of guanidine groups is 2. The van der Waals surface area contributed by atoms with Crippen molar-refractivity contribution in [3.05, 3.63) is 83.0 Å². The third kappa shape index (κ3) is 9.17. The van der Waals surface area contributed by atoms with Crippen LogP contribution in [0.25, 0.3) is 0 Å². The molecule has 14 bridgehead atoms. The van der Waals surface area contributed by atoms with Gasteiger partial charge in [0.2, 0.25) is 5.91 Å². The van der Waals surface area contributed by atoms with E-state index in [-0.39, 0.29) is 115 Å². The molecule has 10 saturated carbocycles. The zero-order valence-electron chi connectivity index (χ0n) is 55.3. The normalized spacial score (nSPS) is 44.6. The number of hydrogen-bond acceptors (Lipinski definition) is 13. The Bertz CT molecular complexity index is 3390. The molecule has 20 unspecified atom stereocenters. The summed E-state index contributed by atoms with van der Waals surface area (Å²) in [6.07, 6.45) is 38.6. The minimum atomic E-state index is -0.896. The van der Waals surface area contributed by atoms with Gasteiger partial charge in [0.05, 0.1) is 12.2 Å². The first-order chi connectivity index (χ1) is 45.0. The Morgan fingerprint density at radius 3 is 2.44 bits per heavy atom. The number of hydrogen-bond donors (Lipinski definition) is 7. The summed E-state index contributed by atoms with van der Waals surface area (Å²) in [4.78, 5) is 40.9. The average Bonchev–Trinajstić information content (AvgIpc) is 1.52. The number of aliphatic imine (C=N–C) groups is 2. The van der Waals surface area contributed by atoms with E-state index in [1.807, 2.05) is 4.90 Å². The number of ether oxygens (including phenoxy) is 2. The highest BCUT2D eigenvalue weighted by Crippen LogP contribution is 2.83. The number of fused-ring (bicyclic) bond motifs is 3. The van der Waals surface area contributed by atoms with Crippen molar-refractivity contribution < 1.29 is 34.4 Å². The molecule has 14 nitrogen and oxygen atoms in total. The van der Waals surface area contributed by atoms with Gasteiger partial charge in [-0.15, -0.1) is 0 Å². The van der Waals surface area contributed by atoms with Crippen LogP contribution >= 0.6 is 21.6 Å². The lowest BCUT2D eigenvalue weighted by Crippen LogP contribution is -2.65. The van der Waals surface area contributed by atoms with Gasteiger partial charge in [-0.2, -0.15) is 0 Å². The van der Waals surface area contributed by atoms with Crippen molar-refractivity contribution in [1.82, 2.24) is 10.2 Å². The number of carbonyl (C=O) groups excluding carboxylic acids is 2. The van der Waals surface area contributed by atoms with Crippen LogP contribution in [0, 0.1) is 80.3 Å². The molecule has 20 atom stereocenters. The zero-order chi connectivity index (χ0) is 63.5. The summed E-state index contributed by atoms with van der Waals surface area (Å²) < 4.78 is 14.3. The maximum absolute atomic E-state index is 15.2. The molecule has 10 N–H and O–H groups in total. The molecule has 1 amide bonds. The van der Waals surface area contributed by atoms with Crippen LogP contribution in [0.4, 0.5) is 0 Å². The summed E-state index contributed by atoms with van der Waals surface area (Å²) >= 11 is 0. The highest BCUT2D eigenvalue weighted by Gasteiger charge is 2.78. The predicted molar refractivity (Wildman–Crippen MR) is 367 cm³/mol. The van der Waals surface area contributed by atoms with Gasteiger partial charge in [-0.1, -0.05) is 95.8 Å². The maximum atomic E-state index is 15.2. The first-order valence-corrected chi connectivity index (χ1v) is 39.5. The van der Waals surface area contributed by atoms with Crippen LogP contribution < -0.4 is 27.3 Å². The molecule has 0 radical (unpaired) electrons. The second-order valence-corrected chi connectivity index (χ2v) is 36.4. The smallest absolute Gasteiger partial charge is 0.303 e. The summed E-state index contributed by atoms with van der Waals surface area (Å²) in [5, 5.41) is 44.9. The van der Waals surface area contributed by atoms with Crippen molar-refractivity contribution in [2.24, 2.45) is 108 Å². The Morgan fingerprint density at radius 1 is 0.839 bits per heavy atom. The molecule has 2 aromatic carbocycles. The van der Waals surface area contributed by atoms with Crippen LogP contribution in [0.15, 0.2) is 70.7 Å². The third-order valence-corrected chi connectivity index (χ3v) is 34.2. The van der Waals surface area contributed by atoms with E-state index in [9.17, 15) is 20.1 Å². The van der Waals surface area contributed by atoms with Gasteiger partial charge in [0, 0.05) is 96.3 Å². The summed E-state index contributed by atoms with van der Waals surface area (Å²) in [7, 11) is 4.21. The van der Waals surface area contributed by atoms with Crippen molar-refractivity contribution in [1.29, 1.82) is 0 Å². The second-order valence-electron chi connectivity index (χ2n) is 33.7. The fourth-order valence-corrected chi connectivity index (χ4v) is 31.3. The fraction of sp³-hybridized carbons (Fsp3) is 0.740. The van der Waals surface area contributed by atoms with Gasteiger partial charge in [0.1, 0.15) is 16.1 Å². The maximum Gasteiger partial charge on any atom is 0.303 e. The Hall–Kier alpha value is -4.38. The number of aliphatic hydroxyl groups is 2.